The second-order valence-electron chi connectivity index (χ2n) is 5.29. The first kappa shape index (κ1) is 16.1. The van der Waals surface area contributed by atoms with Crippen molar-refractivity contribution in [2.45, 2.75) is 37.6 Å². The highest BCUT2D eigenvalue weighted by Crippen LogP contribution is 2.23. The van der Waals surface area contributed by atoms with Crippen molar-refractivity contribution >= 4 is 11.8 Å². The summed E-state index contributed by atoms with van der Waals surface area (Å²) in [5.41, 5.74) is 2.66. The number of thioether (sulfide) groups is 1. The zero-order valence-electron chi connectivity index (χ0n) is 13.2. The van der Waals surface area contributed by atoms with Crippen LogP contribution >= 0.6 is 11.8 Å². The van der Waals surface area contributed by atoms with E-state index >= 15 is 0 Å². The average Bonchev–Trinajstić information content (AvgIpc) is 2.90. The van der Waals surface area contributed by atoms with Gasteiger partial charge in [0.05, 0.1) is 0 Å². The summed E-state index contributed by atoms with van der Waals surface area (Å²) in [7, 11) is 2.00. The molecule has 0 fully saturated rings. The molecule has 2 rings (SSSR count). The van der Waals surface area contributed by atoms with Gasteiger partial charge >= 0.3 is 0 Å². The lowest BCUT2D eigenvalue weighted by Gasteiger charge is -2.14. The molecule has 1 unspecified atom stereocenters. The van der Waals surface area contributed by atoms with E-state index in [0.717, 1.165) is 18.7 Å². The van der Waals surface area contributed by atoms with Gasteiger partial charge in [-0.1, -0.05) is 19.1 Å². The molecule has 0 aliphatic rings. The minimum atomic E-state index is 0.419. The average molecular weight is 303 g/mol. The summed E-state index contributed by atoms with van der Waals surface area (Å²) in [5.74, 6) is 1.08. The van der Waals surface area contributed by atoms with Gasteiger partial charge in [0.25, 0.3) is 0 Å². The molecule has 0 amide bonds. The van der Waals surface area contributed by atoms with E-state index in [0.29, 0.717) is 6.04 Å². The fourth-order valence-corrected chi connectivity index (χ4v) is 3.21. The number of nitrogens with zero attached hydrogens (tertiary/aromatic N) is 2. The molecule has 0 spiro atoms. The highest BCUT2D eigenvalue weighted by Gasteiger charge is 2.05. The Kier molecular flexibility index (Phi) is 6.33. The van der Waals surface area contributed by atoms with Crippen LogP contribution in [0.3, 0.4) is 0 Å². The highest BCUT2D eigenvalue weighted by atomic mass is 32.2. The Bertz CT molecular complexity index is 550. The lowest BCUT2D eigenvalue weighted by Crippen LogP contribution is -2.19. The first-order chi connectivity index (χ1) is 10.2. The quantitative estimate of drug-likeness (QED) is 0.752. The highest BCUT2D eigenvalue weighted by molar-refractivity contribution is 7.99. The first-order valence-electron chi connectivity index (χ1n) is 7.63. The monoisotopic (exact) mass is 303 g/mol. The number of hydrogen-bond donors (Lipinski definition) is 1. The van der Waals surface area contributed by atoms with Gasteiger partial charge in [-0.3, -0.25) is 4.68 Å². The molecule has 0 aliphatic carbocycles. The van der Waals surface area contributed by atoms with Crippen molar-refractivity contribution in [1.29, 1.82) is 0 Å². The molecule has 4 heteroatoms. The standard InChI is InChI=1S/C17H25N3S/c1-4-10-18-14(2)15-6-5-7-17(13-15)21-12-9-16-8-11-19-20(16)3/h5-8,11,13-14,18H,4,9-10,12H2,1-3H3. The van der Waals surface area contributed by atoms with E-state index in [9.17, 15) is 0 Å². The predicted molar refractivity (Wildman–Crippen MR) is 90.8 cm³/mol. The van der Waals surface area contributed by atoms with Crippen LogP contribution in [0.1, 0.15) is 37.6 Å². The Balaban J connectivity index is 1.87. The molecule has 0 bridgehead atoms. The molecule has 0 radical (unpaired) electrons. The molecule has 0 aliphatic heterocycles. The Labute approximate surface area is 132 Å². The molecule has 1 aromatic carbocycles. The van der Waals surface area contributed by atoms with Crippen LogP contribution in [0, 0.1) is 0 Å². The summed E-state index contributed by atoms with van der Waals surface area (Å²) in [5, 5.41) is 7.75. The van der Waals surface area contributed by atoms with E-state index in [4.69, 9.17) is 0 Å². The Morgan fingerprint density at radius 3 is 2.90 bits per heavy atom. The van der Waals surface area contributed by atoms with Crippen molar-refractivity contribution in [2.75, 3.05) is 12.3 Å². The van der Waals surface area contributed by atoms with Crippen molar-refractivity contribution in [3.05, 3.63) is 47.8 Å². The third kappa shape index (κ3) is 4.90. The van der Waals surface area contributed by atoms with E-state index in [2.05, 4.69) is 54.6 Å². The largest absolute Gasteiger partial charge is 0.310 e. The van der Waals surface area contributed by atoms with E-state index in [-0.39, 0.29) is 0 Å². The molecule has 3 nitrogen and oxygen atoms in total. The molecule has 21 heavy (non-hydrogen) atoms. The van der Waals surface area contributed by atoms with Crippen LogP contribution in [0.15, 0.2) is 41.4 Å². The molecule has 2 aromatic rings. The van der Waals surface area contributed by atoms with Crippen LogP contribution in [-0.2, 0) is 13.5 Å². The topological polar surface area (TPSA) is 29.9 Å². The van der Waals surface area contributed by atoms with Crippen LogP contribution in [0.2, 0.25) is 0 Å². The zero-order valence-corrected chi connectivity index (χ0v) is 14.0. The van der Waals surface area contributed by atoms with Gasteiger partial charge in [-0.15, -0.1) is 11.8 Å². The number of rotatable bonds is 8. The summed E-state index contributed by atoms with van der Waals surface area (Å²) in [6.45, 7) is 5.50. The molecular weight excluding hydrogens is 278 g/mol. The number of aryl methyl sites for hydroxylation is 2. The predicted octanol–water partition coefficient (Wildman–Crippen LogP) is 3.82. The van der Waals surface area contributed by atoms with Crippen LogP contribution in [0.5, 0.6) is 0 Å². The molecule has 0 saturated heterocycles. The zero-order chi connectivity index (χ0) is 15.1. The number of hydrogen-bond acceptors (Lipinski definition) is 3. The number of nitrogens with one attached hydrogen (secondary N) is 1. The maximum Gasteiger partial charge on any atom is 0.0492 e. The first-order valence-corrected chi connectivity index (χ1v) is 8.62. The molecule has 1 N–H and O–H groups in total. The lowest BCUT2D eigenvalue weighted by molar-refractivity contribution is 0.570. The third-order valence-electron chi connectivity index (χ3n) is 3.61. The maximum atomic E-state index is 4.21. The van der Waals surface area contributed by atoms with Gasteiger partial charge in [0.2, 0.25) is 0 Å². The number of aromatic nitrogens is 2. The van der Waals surface area contributed by atoms with Gasteiger partial charge in [0, 0.05) is 35.6 Å². The maximum absolute atomic E-state index is 4.21. The molecule has 0 saturated carbocycles. The van der Waals surface area contributed by atoms with Crippen molar-refractivity contribution in [3.8, 4) is 0 Å². The Hall–Kier alpha value is -1.26. The Morgan fingerprint density at radius 2 is 2.19 bits per heavy atom. The fraction of sp³-hybridized carbons (Fsp3) is 0.471. The summed E-state index contributed by atoms with van der Waals surface area (Å²) < 4.78 is 1.95. The van der Waals surface area contributed by atoms with Crippen molar-refractivity contribution in [3.63, 3.8) is 0 Å². The summed E-state index contributed by atoms with van der Waals surface area (Å²) in [4.78, 5) is 1.35. The van der Waals surface area contributed by atoms with E-state index in [1.807, 2.05) is 29.7 Å². The van der Waals surface area contributed by atoms with Crippen LogP contribution in [0.25, 0.3) is 0 Å². The van der Waals surface area contributed by atoms with E-state index < -0.39 is 0 Å². The van der Waals surface area contributed by atoms with Gasteiger partial charge in [-0.2, -0.15) is 5.10 Å². The van der Waals surface area contributed by atoms with E-state index in [1.54, 1.807) is 0 Å². The van der Waals surface area contributed by atoms with Gasteiger partial charge in [0.1, 0.15) is 0 Å². The Morgan fingerprint density at radius 1 is 1.33 bits per heavy atom. The second-order valence-corrected chi connectivity index (χ2v) is 6.46. The van der Waals surface area contributed by atoms with E-state index in [1.165, 1.54) is 22.6 Å². The normalized spacial score (nSPS) is 12.5. The molecule has 114 valence electrons. The SMILES string of the molecule is CCCNC(C)c1cccc(SCCc2ccnn2C)c1. The van der Waals surface area contributed by atoms with Crippen molar-refractivity contribution < 1.29 is 0 Å². The lowest BCUT2D eigenvalue weighted by atomic mass is 10.1. The molecular formula is C17H25N3S. The van der Waals surface area contributed by atoms with Gasteiger partial charge in [-0.25, -0.2) is 0 Å². The minimum Gasteiger partial charge on any atom is -0.310 e. The van der Waals surface area contributed by atoms with Gasteiger partial charge in [0.15, 0.2) is 0 Å². The second kappa shape index (κ2) is 8.25. The smallest absolute Gasteiger partial charge is 0.0492 e. The molecule has 1 atom stereocenters. The minimum absolute atomic E-state index is 0.419. The summed E-state index contributed by atoms with van der Waals surface area (Å²) in [6, 6.07) is 11.4. The molecule has 1 heterocycles. The van der Waals surface area contributed by atoms with Gasteiger partial charge < -0.3 is 5.32 Å². The third-order valence-corrected chi connectivity index (χ3v) is 4.60. The summed E-state index contributed by atoms with van der Waals surface area (Å²) in [6.07, 6.45) is 4.08. The summed E-state index contributed by atoms with van der Waals surface area (Å²) >= 11 is 1.91. The van der Waals surface area contributed by atoms with Crippen molar-refractivity contribution in [1.82, 2.24) is 15.1 Å². The van der Waals surface area contributed by atoms with Crippen molar-refractivity contribution in [2.24, 2.45) is 7.05 Å². The molecule has 1 aromatic heterocycles. The number of benzene rings is 1. The van der Waals surface area contributed by atoms with Crippen LogP contribution in [-0.4, -0.2) is 22.1 Å². The van der Waals surface area contributed by atoms with Gasteiger partial charge in [-0.05, 0) is 50.1 Å². The van der Waals surface area contributed by atoms with Crippen LogP contribution in [0.4, 0.5) is 0 Å². The fourth-order valence-electron chi connectivity index (χ4n) is 2.27. The van der Waals surface area contributed by atoms with Crippen LogP contribution < -0.4 is 5.32 Å².